The van der Waals surface area contributed by atoms with Crippen LogP contribution in [0.4, 0.5) is 0 Å². The minimum absolute atomic E-state index is 0.189. The number of nitrogens with zero attached hydrogens (tertiary/aromatic N) is 1. The van der Waals surface area contributed by atoms with Gasteiger partial charge in [0.2, 0.25) is 10.9 Å². The Morgan fingerprint density at radius 3 is 2.20 bits per heavy atom. The van der Waals surface area contributed by atoms with Gasteiger partial charge in [0.25, 0.3) is 0 Å². The number of carbonyl (C=O) groups is 1. The fourth-order valence-electron chi connectivity index (χ4n) is 3.58. The molecule has 1 atom stereocenters. The molecule has 0 radical (unpaired) electrons. The molecule has 0 saturated heterocycles. The number of aryl methyl sites for hydroxylation is 1. The summed E-state index contributed by atoms with van der Waals surface area (Å²) in [5.74, 6) is -1.00. The summed E-state index contributed by atoms with van der Waals surface area (Å²) in [5, 5.41) is 0. The Hall–Kier alpha value is -3.08. The molecule has 0 aliphatic heterocycles. The summed E-state index contributed by atoms with van der Waals surface area (Å²) in [6.45, 7) is 5.44. The second-order valence-electron chi connectivity index (χ2n) is 8.53. The molecule has 5 nitrogen and oxygen atoms in total. The highest BCUT2D eigenvalue weighted by molar-refractivity contribution is 5.79. The van der Waals surface area contributed by atoms with Crippen LogP contribution in [-0.4, -0.2) is 16.6 Å². The van der Waals surface area contributed by atoms with Gasteiger partial charge in [0.1, 0.15) is 5.60 Å². The van der Waals surface area contributed by atoms with Gasteiger partial charge < -0.3 is 4.74 Å². The summed E-state index contributed by atoms with van der Waals surface area (Å²) in [6, 6.07) is 13.2. The molecule has 1 heterocycles. The Morgan fingerprint density at radius 2 is 1.57 bits per heavy atom. The molecule has 5 heteroatoms. The molecule has 0 bridgehead atoms. The molecular formula is C25H27NO4. The molecule has 0 spiro atoms. The van der Waals surface area contributed by atoms with Crippen LogP contribution in [0.2, 0.25) is 0 Å². The molecular weight excluding hydrogens is 378 g/mol. The summed E-state index contributed by atoms with van der Waals surface area (Å²) >= 11 is 0. The van der Waals surface area contributed by atoms with E-state index in [1.807, 2.05) is 63.2 Å². The van der Waals surface area contributed by atoms with Crippen molar-refractivity contribution in [2.75, 3.05) is 0 Å². The van der Waals surface area contributed by atoms with Crippen molar-refractivity contribution in [3.8, 4) is 0 Å². The number of hydrogen-bond acceptors (Lipinski definition) is 5. The number of aromatic nitrogens is 1. The van der Waals surface area contributed by atoms with Crippen molar-refractivity contribution < 1.29 is 9.53 Å². The summed E-state index contributed by atoms with van der Waals surface area (Å²) < 4.78 is 5.60. The van der Waals surface area contributed by atoms with Crippen molar-refractivity contribution >= 4 is 5.97 Å². The first-order valence-electron chi connectivity index (χ1n) is 10.2. The van der Waals surface area contributed by atoms with E-state index < -0.39 is 22.4 Å². The van der Waals surface area contributed by atoms with E-state index in [1.165, 1.54) is 0 Å². The number of ether oxygens (including phenoxy) is 1. The summed E-state index contributed by atoms with van der Waals surface area (Å²) in [5.41, 5.74) is 1.41. The van der Waals surface area contributed by atoms with Crippen molar-refractivity contribution in [1.82, 2.24) is 4.98 Å². The summed E-state index contributed by atoms with van der Waals surface area (Å²) in [6.07, 6.45) is 5.75. The number of esters is 1. The lowest BCUT2D eigenvalue weighted by atomic mass is 9.85. The highest BCUT2D eigenvalue weighted by Crippen LogP contribution is 2.25. The maximum absolute atomic E-state index is 12.9. The normalized spacial score (nSPS) is 12.6. The molecule has 1 aromatic heterocycles. The first kappa shape index (κ1) is 21.6. The van der Waals surface area contributed by atoms with Gasteiger partial charge in [0.15, 0.2) is 0 Å². The van der Waals surface area contributed by atoms with E-state index >= 15 is 0 Å². The zero-order valence-electron chi connectivity index (χ0n) is 17.7. The zero-order chi connectivity index (χ0) is 21.7. The number of pyridine rings is 1. The highest BCUT2D eigenvalue weighted by Gasteiger charge is 2.31. The molecule has 0 amide bonds. The molecule has 0 aliphatic carbocycles. The Morgan fingerprint density at radius 1 is 0.933 bits per heavy atom. The SMILES string of the molecule is CC(C)(C)OC(=O)[C@@H](Cc1c(CCCc2ccncc2)c(=O)c1=O)c1ccccc1. The van der Waals surface area contributed by atoms with Gasteiger partial charge in [-0.3, -0.25) is 19.4 Å². The number of rotatable bonds is 8. The largest absolute Gasteiger partial charge is 0.459 e. The van der Waals surface area contributed by atoms with Crippen LogP contribution < -0.4 is 10.9 Å². The van der Waals surface area contributed by atoms with Crippen LogP contribution in [0.1, 0.15) is 55.4 Å². The predicted molar refractivity (Wildman–Crippen MR) is 116 cm³/mol. The van der Waals surface area contributed by atoms with Crippen molar-refractivity contribution in [3.63, 3.8) is 0 Å². The minimum Gasteiger partial charge on any atom is -0.459 e. The van der Waals surface area contributed by atoms with E-state index in [2.05, 4.69) is 4.98 Å². The van der Waals surface area contributed by atoms with Crippen LogP contribution in [0.5, 0.6) is 0 Å². The standard InChI is InChI=1S/C25H27NO4/c1-25(2,3)30-24(29)20(18-9-5-4-6-10-18)16-21-19(22(27)23(21)28)11-7-8-17-12-14-26-15-13-17/h4-6,9-10,12-15,20H,7-8,11,16H2,1-3H3/t20-/m0/s1. The second-order valence-corrected chi connectivity index (χ2v) is 8.53. The van der Waals surface area contributed by atoms with Crippen molar-refractivity contribution in [1.29, 1.82) is 0 Å². The molecule has 0 unspecified atom stereocenters. The third-order valence-electron chi connectivity index (χ3n) is 5.06. The quantitative estimate of drug-likeness (QED) is 0.423. The van der Waals surface area contributed by atoms with Crippen LogP contribution in [0.3, 0.4) is 0 Å². The van der Waals surface area contributed by atoms with E-state index in [1.54, 1.807) is 12.4 Å². The van der Waals surface area contributed by atoms with Crippen LogP contribution in [0.15, 0.2) is 64.4 Å². The lowest BCUT2D eigenvalue weighted by Gasteiger charge is -2.25. The Bertz CT molecular complexity index is 1060. The predicted octanol–water partition coefficient (Wildman–Crippen LogP) is 3.52. The minimum atomic E-state index is -0.634. The van der Waals surface area contributed by atoms with Crippen LogP contribution in [0.25, 0.3) is 0 Å². The average molecular weight is 405 g/mol. The average Bonchev–Trinajstić information content (AvgIpc) is 2.72. The van der Waals surface area contributed by atoms with E-state index in [0.717, 1.165) is 24.0 Å². The second kappa shape index (κ2) is 9.16. The molecule has 156 valence electrons. The molecule has 3 aromatic rings. The van der Waals surface area contributed by atoms with Crippen LogP contribution in [-0.2, 0) is 28.8 Å². The van der Waals surface area contributed by atoms with E-state index in [4.69, 9.17) is 4.74 Å². The molecule has 2 aromatic carbocycles. The molecule has 0 fully saturated rings. The van der Waals surface area contributed by atoms with E-state index in [9.17, 15) is 14.4 Å². The monoisotopic (exact) mass is 405 g/mol. The third kappa shape index (κ3) is 5.29. The molecule has 0 saturated carbocycles. The first-order chi connectivity index (χ1) is 14.3. The summed E-state index contributed by atoms with van der Waals surface area (Å²) in [7, 11) is 0. The smallest absolute Gasteiger partial charge is 0.314 e. The van der Waals surface area contributed by atoms with Gasteiger partial charge in [-0.25, -0.2) is 0 Å². The van der Waals surface area contributed by atoms with Crippen molar-refractivity contribution in [2.24, 2.45) is 0 Å². The van der Waals surface area contributed by atoms with Gasteiger partial charge >= 0.3 is 5.97 Å². The number of hydrogen-bond donors (Lipinski definition) is 0. The van der Waals surface area contributed by atoms with Gasteiger partial charge in [-0.1, -0.05) is 30.3 Å². The van der Waals surface area contributed by atoms with Crippen molar-refractivity contribution in [3.05, 3.63) is 97.6 Å². The zero-order valence-corrected chi connectivity index (χ0v) is 17.7. The third-order valence-corrected chi connectivity index (χ3v) is 5.06. The Kier molecular flexibility index (Phi) is 6.60. The topological polar surface area (TPSA) is 73.3 Å². The van der Waals surface area contributed by atoms with Crippen molar-refractivity contribution in [2.45, 2.75) is 58.0 Å². The lowest BCUT2D eigenvalue weighted by molar-refractivity contribution is -0.156. The summed E-state index contributed by atoms with van der Waals surface area (Å²) in [4.78, 5) is 41.4. The maximum Gasteiger partial charge on any atom is 0.314 e. The Labute approximate surface area is 176 Å². The van der Waals surface area contributed by atoms with E-state index in [-0.39, 0.29) is 12.4 Å². The van der Waals surface area contributed by atoms with Gasteiger partial charge in [0.05, 0.1) is 5.92 Å². The molecule has 3 rings (SSSR count). The van der Waals surface area contributed by atoms with Gasteiger partial charge in [0, 0.05) is 23.5 Å². The highest BCUT2D eigenvalue weighted by atomic mass is 16.6. The fourth-order valence-corrected chi connectivity index (χ4v) is 3.58. The molecule has 30 heavy (non-hydrogen) atoms. The van der Waals surface area contributed by atoms with Gasteiger partial charge in [-0.15, -0.1) is 0 Å². The van der Waals surface area contributed by atoms with Gasteiger partial charge in [-0.05, 0) is 69.7 Å². The molecule has 0 N–H and O–H groups in total. The maximum atomic E-state index is 12.9. The first-order valence-corrected chi connectivity index (χ1v) is 10.2. The number of carbonyl (C=O) groups excluding carboxylic acids is 1. The van der Waals surface area contributed by atoms with Gasteiger partial charge in [-0.2, -0.15) is 0 Å². The molecule has 0 aliphatic rings. The van der Waals surface area contributed by atoms with Crippen LogP contribution in [0, 0.1) is 0 Å². The Balaban J connectivity index is 1.78. The number of benzene rings is 1. The lowest BCUT2D eigenvalue weighted by Crippen LogP contribution is -2.41. The van der Waals surface area contributed by atoms with Crippen LogP contribution >= 0.6 is 0 Å². The van der Waals surface area contributed by atoms with E-state index in [0.29, 0.717) is 17.5 Å². The fraction of sp³-hybridized carbons (Fsp3) is 0.360.